The van der Waals surface area contributed by atoms with Gasteiger partial charge in [0.1, 0.15) is 6.33 Å². The first-order chi connectivity index (χ1) is 27.0. The molecule has 0 saturated carbocycles. The number of carbonyl (C=O) groups is 3. The Morgan fingerprint density at radius 2 is 0.945 bits per heavy atom. The van der Waals surface area contributed by atoms with Gasteiger partial charge in [-0.1, -0.05) is 175 Å². The molecule has 0 aliphatic carbocycles. The number of nitrogens with zero attached hydrogens (tertiary/aromatic N) is 3. The summed E-state index contributed by atoms with van der Waals surface area (Å²) in [6.07, 6.45) is 42.6. The molecule has 0 fully saturated rings. The van der Waals surface area contributed by atoms with Gasteiger partial charge >= 0.3 is 18.0 Å². The molecular weight excluding hydrogens is 687 g/mol. The maximum atomic E-state index is 13.2. The maximum Gasteiger partial charge on any atom is 0.329 e. The molecule has 0 saturated heterocycles. The lowest BCUT2D eigenvalue weighted by molar-refractivity contribution is -0.145. The summed E-state index contributed by atoms with van der Waals surface area (Å²) in [6, 6.07) is -0.0785. The number of unbranched alkanes of at least 4 members (excludes halogenated alkanes) is 24. The Hall–Kier alpha value is -2.38. The van der Waals surface area contributed by atoms with Crippen LogP contribution in [0, 0.1) is 5.92 Å². The van der Waals surface area contributed by atoms with Crippen molar-refractivity contribution in [3.05, 3.63) is 18.7 Å². The van der Waals surface area contributed by atoms with Gasteiger partial charge in [-0.3, -0.25) is 14.2 Å². The minimum Gasteiger partial charge on any atom is -0.466 e. The standard InChI is InChI=1S/C47H87N3O5/c1-4-7-10-13-16-18-20-23-32-41-54-45(51)35-28-24-30-38-49(47(53)50-40-37-48-43-50)39-31-25-29-36-46(52)55-42-44(33-26-21-15-12-9-6-3)34-27-22-19-17-14-11-8-5-2/h37,40,43-44H,4-36,38-39,41-42H2,1-3H3. The summed E-state index contributed by atoms with van der Waals surface area (Å²) in [7, 11) is 0. The Labute approximate surface area is 339 Å². The second kappa shape index (κ2) is 38.5. The van der Waals surface area contributed by atoms with Crippen LogP contribution in [0.5, 0.6) is 0 Å². The number of ether oxygens (including phenoxy) is 2. The average molecular weight is 774 g/mol. The number of rotatable bonds is 40. The Balaban J connectivity index is 2.31. The van der Waals surface area contributed by atoms with Crippen molar-refractivity contribution in [2.45, 2.75) is 233 Å². The van der Waals surface area contributed by atoms with Gasteiger partial charge in [-0.2, -0.15) is 0 Å². The van der Waals surface area contributed by atoms with Crippen molar-refractivity contribution >= 4 is 18.0 Å². The summed E-state index contributed by atoms with van der Waals surface area (Å²) in [5, 5.41) is 0. The number of aromatic nitrogens is 2. The van der Waals surface area contributed by atoms with Gasteiger partial charge < -0.3 is 14.4 Å². The van der Waals surface area contributed by atoms with E-state index in [1.807, 2.05) is 4.90 Å². The van der Waals surface area contributed by atoms with Gasteiger partial charge in [-0.15, -0.1) is 0 Å². The molecule has 0 spiro atoms. The van der Waals surface area contributed by atoms with E-state index in [1.165, 1.54) is 152 Å². The molecule has 1 aromatic heterocycles. The lowest BCUT2D eigenvalue weighted by Crippen LogP contribution is -2.35. The molecule has 8 heteroatoms. The molecule has 320 valence electrons. The summed E-state index contributed by atoms with van der Waals surface area (Å²) in [4.78, 5) is 44.0. The third kappa shape index (κ3) is 31.4. The number of amides is 1. The van der Waals surface area contributed by atoms with E-state index in [0.29, 0.717) is 45.1 Å². The Bertz CT molecular complexity index is 1000. The van der Waals surface area contributed by atoms with E-state index in [1.54, 1.807) is 18.7 Å². The summed E-state index contributed by atoms with van der Waals surface area (Å²) < 4.78 is 12.8. The molecule has 8 nitrogen and oxygen atoms in total. The maximum absolute atomic E-state index is 13.2. The van der Waals surface area contributed by atoms with Gasteiger partial charge in [0.05, 0.1) is 13.2 Å². The predicted octanol–water partition coefficient (Wildman–Crippen LogP) is 13.8. The number of esters is 2. The van der Waals surface area contributed by atoms with E-state index in [2.05, 4.69) is 25.8 Å². The molecule has 1 aromatic rings. The molecule has 0 aliphatic rings. The smallest absolute Gasteiger partial charge is 0.329 e. The van der Waals surface area contributed by atoms with E-state index >= 15 is 0 Å². The SMILES string of the molecule is CCCCCCCCCCCOC(=O)CCCCCN(CCCCCC(=O)OCC(CCCCCCCC)CCCCCCCCCC)C(=O)n1ccnc1. The lowest BCUT2D eigenvalue weighted by atomic mass is 9.94. The quantitative estimate of drug-likeness (QED) is 0.0487. The molecule has 1 heterocycles. The molecule has 0 bridgehead atoms. The molecule has 0 aromatic carbocycles. The average Bonchev–Trinajstić information content (AvgIpc) is 3.74. The predicted molar refractivity (Wildman–Crippen MR) is 229 cm³/mol. The van der Waals surface area contributed by atoms with Gasteiger partial charge in [-0.05, 0) is 50.9 Å². The van der Waals surface area contributed by atoms with Crippen LogP contribution in [-0.2, 0) is 19.1 Å². The highest BCUT2D eigenvalue weighted by atomic mass is 16.5. The molecule has 0 N–H and O–H groups in total. The van der Waals surface area contributed by atoms with Crippen LogP contribution in [0.1, 0.15) is 233 Å². The van der Waals surface area contributed by atoms with Crippen molar-refractivity contribution < 1.29 is 23.9 Å². The van der Waals surface area contributed by atoms with E-state index in [-0.39, 0.29) is 18.0 Å². The minimum atomic E-state index is -0.110. The van der Waals surface area contributed by atoms with Gasteiger partial charge in [0.2, 0.25) is 0 Å². The highest BCUT2D eigenvalue weighted by molar-refractivity contribution is 5.76. The largest absolute Gasteiger partial charge is 0.466 e. The molecule has 55 heavy (non-hydrogen) atoms. The van der Waals surface area contributed by atoms with E-state index in [0.717, 1.165) is 51.4 Å². The van der Waals surface area contributed by atoms with Crippen molar-refractivity contribution in [1.82, 2.24) is 14.5 Å². The zero-order chi connectivity index (χ0) is 39.9. The van der Waals surface area contributed by atoms with Gasteiger partial charge in [-0.25, -0.2) is 9.78 Å². The number of imidazole rings is 1. The van der Waals surface area contributed by atoms with Crippen LogP contribution < -0.4 is 0 Å². The van der Waals surface area contributed by atoms with Gasteiger partial charge in [0, 0.05) is 38.3 Å². The summed E-state index contributed by atoms with van der Waals surface area (Å²) >= 11 is 0. The Kier molecular flexibility index (Phi) is 35.4. The monoisotopic (exact) mass is 774 g/mol. The molecular formula is C47H87N3O5. The van der Waals surface area contributed by atoms with Crippen LogP contribution in [0.4, 0.5) is 4.79 Å². The van der Waals surface area contributed by atoms with Gasteiger partial charge in [0.15, 0.2) is 0 Å². The van der Waals surface area contributed by atoms with Crippen molar-refractivity contribution in [3.63, 3.8) is 0 Å². The molecule has 1 unspecified atom stereocenters. The summed E-state index contributed by atoms with van der Waals surface area (Å²) in [6.45, 7) is 9.13. The fraction of sp³-hybridized carbons (Fsp3) is 0.872. The van der Waals surface area contributed by atoms with Crippen LogP contribution in [-0.4, -0.2) is 58.7 Å². The number of hydrogen-bond donors (Lipinski definition) is 0. The van der Waals surface area contributed by atoms with Crippen molar-refractivity contribution in [2.75, 3.05) is 26.3 Å². The van der Waals surface area contributed by atoms with Crippen LogP contribution >= 0.6 is 0 Å². The van der Waals surface area contributed by atoms with Crippen molar-refractivity contribution in [3.8, 4) is 0 Å². The second-order valence-electron chi connectivity index (χ2n) is 16.3. The highest BCUT2D eigenvalue weighted by Crippen LogP contribution is 2.21. The van der Waals surface area contributed by atoms with Crippen LogP contribution in [0.3, 0.4) is 0 Å². The normalized spacial score (nSPS) is 11.8. The summed E-state index contributed by atoms with van der Waals surface area (Å²) in [5.41, 5.74) is 0. The fourth-order valence-corrected chi connectivity index (χ4v) is 7.38. The molecule has 1 atom stereocenters. The van der Waals surface area contributed by atoms with Crippen LogP contribution in [0.25, 0.3) is 0 Å². The number of carbonyl (C=O) groups excluding carboxylic acids is 3. The third-order valence-corrected chi connectivity index (χ3v) is 11.0. The van der Waals surface area contributed by atoms with Crippen molar-refractivity contribution in [2.24, 2.45) is 5.92 Å². The molecule has 0 aliphatic heterocycles. The van der Waals surface area contributed by atoms with Crippen molar-refractivity contribution in [1.29, 1.82) is 0 Å². The topological polar surface area (TPSA) is 90.7 Å². The first-order valence-electron chi connectivity index (χ1n) is 23.6. The zero-order valence-electron chi connectivity index (χ0n) is 36.4. The molecule has 0 radical (unpaired) electrons. The van der Waals surface area contributed by atoms with E-state index in [4.69, 9.17) is 9.47 Å². The first-order valence-corrected chi connectivity index (χ1v) is 23.6. The minimum absolute atomic E-state index is 0.0785. The second-order valence-corrected chi connectivity index (χ2v) is 16.3. The third-order valence-electron chi connectivity index (χ3n) is 11.0. The number of hydrogen-bond acceptors (Lipinski definition) is 6. The zero-order valence-corrected chi connectivity index (χ0v) is 36.4. The van der Waals surface area contributed by atoms with Crippen LogP contribution in [0.15, 0.2) is 18.7 Å². The molecule has 1 amide bonds. The van der Waals surface area contributed by atoms with Gasteiger partial charge in [0.25, 0.3) is 0 Å². The highest BCUT2D eigenvalue weighted by Gasteiger charge is 2.16. The first kappa shape index (κ1) is 50.6. The van der Waals surface area contributed by atoms with E-state index < -0.39 is 0 Å². The van der Waals surface area contributed by atoms with E-state index in [9.17, 15) is 14.4 Å². The fourth-order valence-electron chi connectivity index (χ4n) is 7.38. The Morgan fingerprint density at radius 3 is 1.40 bits per heavy atom. The summed E-state index contributed by atoms with van der Waals surface area (Å²) in [5.74, 6) is 0.288. The Morgan fingerprint density at radius 1 is 0.527 bits per heavy atom. The lowest BCUT2D eigenvalue weighted by Gasteiger charge is -2.22. The van der Waals surface area contributed by atoms with Crippen LogP contribution in [0.2, 0.25) is 0 Å². The molecule has 1 rings (SSSR count).